The van der Waals surface area contributed by atoms with Crippen LogP contribution in [0.3, 0.4) is 0 Å². The summed E-state index contributed by atoms with van der Waals surface area (Å²) in [6.07, 6.45) is 7.36. The van der Waals surface area contributed by atoms with E-state index in [4.69, 9.17) is 14.0 Å². The molecule has 1 aliphatic carbocycles. The van der Waals surface area contributed by atoms with E-state index in [1.807, 2.05) is 6.07 Å². The number of rotatable bonds is 7. The van der Waals surface area contributed by atoms with Gasteiger partial charge in [0, 0.05) is 35.0 Å². The van der Waals surface area contributed by atoms with Crippen molar-refractivity contribution < 1.29 is 19.1 Å². The van der Waals surface area contributed by atoms with Gasteiger partial charge >= 0.3 is 0 Å². The minimum absolute atomic E-state index is 0.128. The fraction of sp³-hybridized carbons (Fsp3) is 0.600. The molecule has 0 fully saturated rings. The molecular formula is C25H34N2O4. The Labute approximate surface area is 184 Å². The molecule has 0 amide bonds. The van der Waals surface area contributed by atoms with Crippen LogP contribution in [-0.2, 0) is 10.2 Å². The van der Waals surface area contributed by atoms with Crippen LogP contribution in [0.4, 0.5) is 0 Å². The van der Waals surface area contributed by atoms with Crippen LogP contribution in [0.25, 0.3) is 5.57 Å². The molecule has 4 rings (SSSR count). The van der Waals surface area contributed by atoms with Crippen molar-refractivity contribution in [2.75, 3.05) is 13.2 Å². The molecule has 0 radical (unpaired) electrons. The molecule has 0 bridgehead atoms. The van der Waals surface area contributed by atoms with E-state index in [9.17, 15) is 5.11 Å². The second-order valence-corrected chi connectivity index (χ2v) is 10.0. The smallest absolute Gasteiger partial charge is 0.253 e. The first kappa shape index (κ1) is 21.9. The van der Waals surface area contributed by atoms with Crippen molar-refractivity contribution in [2.24, 2.45) is 5.92 Å². The zero-order chi connectivity index (χ0) is 22.2. The molecule has 31 heavy (non-hydrogen) atoms. The van der Waals surface area contributed by atoms with Gasteiger partial charge in [-0.2, -0.15) is 4.98 Å². The number of hydrogen-bond acceptors (Lipinski definition) is 6. The van der Waals surface area contributed by atoms with Crippen molar-refractivity contribution >= 4 is 5.57 Å². The third-order valence-electron chi connectivity index (χ3n) is 6.82. The van der Waals surface area contributed by atoms with Gasteiger partial charge in [0.05, 0.1) is 6.61 Å². The van der Waals surface area contributed by atoms with Crippen LogP contribution in [0.1, 0.15) is 83.2 Å². The zero-order valence-electron chi connectivity index (χ0n) is 19.3. The number of phenols is 1. The van der Waals surface area contributed by atoms with Gasteiger partial charge in [0.15, 0.2) is 6.33 Å². The number of phenolic OH excluding ortho intramolecular Hbond substituents is 1. The maximum Gasteiger partial charge on any atom is 0.253 e. The highest BCUT2D eigenvalue weighted by Crippen LogP contribution is 2.55. The van der Waals surface area contributed by atoms with Gasteiger partial charge in [-0.1, -0.05) is 38.4 Å². The molecule has 0 saturated heterocycles. The van der Waals surface area contributed by atoms with E-state index in [2.05, 4.69) is 56.9 Å². The summed E-state index contributed by atoms with van der Waals surface area (Å²) >= 11 is 0. The minimum atomic E-state index is -0.346. The van der Waals surface area contributed by atoms with E-state index in [0.717, 1.165) is 54.7 Å². The maximum absolute atomic E-state index is 11.1. The normalized spacial score (nSPS) is 22.3. The van der Waals surface area contributed by atoms with Crippen LogP contribution in [0.2, 0.25) is 0 Å². The first-order chi connectivity index (χ1) is 14.7. The molecule has 2 aromatic rings. The molecule has 0 spiro atoms. The fourth-order valence-corrected chi connectivity index (χ4v) is 4.93. The van der Waals surface area contributed by atoms with Gasteiger partial charge in [-0.3, -0.25) is 0 Å². The van der Waals surface area contributed by atoms with E-state index in [-0.39, 0.29) is 22.9 Å². The average molecular weight is 427 g/mol. The Morgan fingerprint density at radius 3 is 2.81 bits per heavy atom. The Morgan fingerprint density at radius 2 is 2.10 bits per heavy atom. The van der Waals surface area contributed by atoms with Crippen molar-refractivity contribution in [3.63, 3.8) is 0 Å². The second-order valence-electron chi connectivity index (χ2n) is 10.0. The molecule has 6 heteroatoms. The highest BCUT2D eigenvalue weighted by atomic mass is 16.5. The molecule has 2 heterocycles. The first-order valence-corrected chi connectivity index (χ1v) is 11.3. The van der Waals surface area contributed by atoms with Gasteiger partial charge in [-0.05, 0) is 50.8 Å². The molecule has 1 aliphatic heterocycles. The number of allylic oxidation sites excluding steroid dienone is 2. The quantitative estimate of drug-likeness (QED) is 0.579. The molecule has 2 atom stereocenters. The van der Waals surface area contributed by atoms with Crippen LogP contribution >= 0.6 is 0 Å². The first-order valence-electron chi connectivity index (χ1n) is 11.3. The third-order valence-corrected chi connectivity index (χ3v) is 6.82. The summed E-state index contributed by atoms with van der Waals surface area (Å²) in [5, 5.41) is 14.9. The summed E-state index contributed by atoms with van der Waals surface area (Å²) in [5.74, 6) is 2.02. The number of benzene rings is 1. The van der Waals surface area contributed by atoms with E-state index >= 15 is 0 Å². The Kier molecular flexibility index (Phi) is 5.86. The topological polar surface area (TPSA) is 77.6 Å². The number of unbranched alkanes of at least 4 members (excludes halogenated alkanes) is 1. The van der Waals surface area contributed by atoms with Crippen molar-refractivity contribution in [1.29, 1.82) is 0 Å². The van der Waals surface area contributed by atoms with Crippen molar-refractivity contribution in [2.45, 2.75) is 77.2 Å². The molecule has 168 valence electrons. The standard InChI is InChI=1S/C25H34N2O4/c1-6-7-10-29-14-24(2,3)17-12-20(28)22-18-11-16(23-26-15-27-31-23)8-9-19(18)25(4,5)30-21(22)13-17/h8,12-13,15,18-19,28H,6-7,9-11,14H2,1-5H3/t18-,19-/m1/s1. The largest absolute Gasteiger partial charge is 0.508 e. The maximum atomic E-state index is 11.1. The Bertz CT molecular complexity index is 947. The zero-order valence-corrected chi connectivity index (χ0v) is 19.3. The summed E-state index contributed by atoms with van der Waals surface area (Å²) in [7, 11) is 0. The van der Waals surface area contributed by atoms with Crippen LogP contribution < -0.4 is 4.74 Å². The molecule has 0 unspecified atom stereocenters. The number of nitrogens with zero attached hydrogens (tertiary/aromatic N) is 2. The van der Waals surface area contributed by atoms with Crippen LogP contribution in [-0.4, -0.2) is 34.1 Å². The van der Waals surface area contributed by atoms with Gasteiger partial charge in [-0.15, -0.1) is 0 Å². The van der Waals surface area contributed by atoms with Crippen molar-refractivity contribution in [3.8, 4) is 11.5 Å². The monoisotopic (exact) mass is 426 g/mol. The van der Waals surface area contributed by atoms with Crippen LogP contribution in [0.15, 0.2) is 29.1 Å². The average Bonchev–Trinajstić information content (AvgIpc) is 3.25. The minimum Gasteiger partial charge on any atom is -0.508 e. The van der Waals surface area contributed by atoms with Crippen molar-refractivity contribution in [1.82, 2.24) is 10.1 Å². The third kappa shape index (κ3) is 4.22. The summed E-state index contributed by atoms with van der Waals surface area (Å²) in [6, 6.07) is 3.99. The number of fused-ring (bicyclic) bond motifs is 3. The van der Waals surface area contributed by atoms with Gasteiger partial charge in [0.1, 0.15) is 17.1 Å². The lowest BCUT2D eigenvalue weighted by atomic mass is 9.66. The molecule has 1 aromatic carbocycles. The lowest BCUT2D eigenvalue weighted by Crippen LogP contribution is -2.45. The van der Waals surface area contributed by atoms with E-state index in [0.29, 0.717) is 18.2 Å². The predicted molar refractivity (Wildman–Crippen MR) is 119 cm³/mol. The number of ether oxygens (including phenoxy) is 2. The van der Waals surface area contributed by atoms with Gasteiger partial charge < -0.3 is 19.1 Å². The molecule has 2 aliphatic rings. The Balaban J connectivity index is 1.66. The molecule has 1 aromatic heterocycles. The molecular weight excluding hydrogens is 392 g/mol. The van der Waals surface area contributed by atoms with Gasteiger partial charge in [0.25, 0.3) is 5.89 Å². The highest BCUT2D eigenvalue weighted by Gasteiger charge is 2.47. The van der Waals surface area contributed by atoms with Crippen LogP contribution in [0.5, 0.6) is 11.5 Å². The number of aromatic nitrogens is 2. The summed E-state index contributed by atoms with van der Waals surface area (Å²) < 4.78 is 17.7. The predicted octanol–water partition coefficient (Wildman–Crippen LogP) is 5.62. The summed E-state index contributed by atoms with van der Waals surface area (Å²) in [6.45, 7) is 12.1. The van der Waals surface area contributed by atoms with E-state index in [1.54, 1.807) is 0 Å². The Morgan fingerprint density at radius 1 is 1.29 bits per heavy atom. The molecule has 6 nitrogen and oxygen atoms in total. The molecule has 0 saturated carbocycles. The summed E-state index contributed by atoms with van der Waals surface area (Å²) in [5.41, 5.74) is 2.38. The summed E-state index contributed by atoms with van der Waals surface area (Å²) in [4.78, 5) is 4.23. The fourth-order valence-electron chi connectivity index (χ4n) is 4.93. The second kappa shape index (κ2) is 8.30. The van der Waals surface area contributed by atoms with Crippen LogP contribution in [0, 0.1) is 5.92 Å². The van der Waals surface area contributed by atoms with Gasteiger partial charge in [-0.25, -0.2) is 0 Å². The highest BCUT2D eigenvalue weighted by molar-refractivity contribution is 5.63. The lowest BCUT2D eigenvalue weighted by molar-refractivity contribution is 0.00880. The molecule has 1 N–H and O–H groups in total. The Hall–Kier alpha value is -2.34. The van der Waals surface area contributed by atoms with Crippen molar-refractivity contribution in [3.05, 3.63) is 41.6 Å². The van der Waals surface area contributed by atoms with E-state index < -0.39 is 0 Å². The number of aromatic hydroxyl groups is 1. The van der Waals surface area contributed by atoms with Gasteiger partial charge in [0.2, 0.25) is 0 Å². The lowest BCUT2D eigenvalue weighted by Gasteiger charge is -2.47. The number of hydrogen-bond donors (Lipinski definition) is 1. The van der Waals surface area contributed by atoms with E-state index in [1.165, 1.54) is 6.33 Å². The SMILES string of the molecule is CCCCOCC(C)(C)c1cc(O)c2c(c1)OC(C)(C)[C@@H]1CC=C(c3ncno3)C[C@@H]21.